The summed E-state index contributed by atoms with van der Waals surface area (Å²) >= 11 is 0. The van der Waals surface area contributed by atoms with Gasteiger partial charge in [0.05, 0.1) is 12.7 Å². The van der Waals surface area contributed by atoms with Crippen LogP contribution in [0.4, 0.5) is 5.69 Å². The molecular formula is C19H21ClN2O3. The minimum Gasteiger partial charge on any atom is -0.465 e. The Morgan fingerprint density at radius 3 is 2.28 bits per heavy atom. The fourth-order valence-corrected chi connectivity index (χ4v) is 3.39. The van der Waals surface area contributed by atoms with E-state index in [2.05, 4.69) is 0 Å². The molecule has 1 aliphatic rings. The van der Waals surface area contributed by atoms with E-state index in [1.165, 1.54) is 7.11 Å². The Morgan fingerprint density at radius 1 is 1.08 bits per heavy atom. The molecule has 25 heavy (non-hydrogen) atoms. The van der Waals surface area contributed by atoms with E-state index in [1.54, 1.807) is 12.1 Å². The Kier molecular flexibility index (Phi) is 6.04. The Labute approximate surface area is 153 Å². The SMILES string of the molecule is COC(=O)c1ccc(N2CC[C@@H](c3ccccc3)[C@@H]2C(N)=O)cc1.Cl. The van der Waals surface area contributed by atoms with E-state index in [1.807, 2.05) is 47.4 Å². The van der Waals surface area contributed by atoms with Gasteiger partial charge in [-0.3, -0.25) is 4.79 Å². The number of halogens is 1. The number of hydrogen-bond acceptors (Lipinski definition) is 4. The normalized spacial score (nSPS) is 19.2. The summed E-state index contributed by atoms with van der Waals surface area (Å²) in [5.41, 5.74) is 8.18. The van der Waals surface area contributed by atoms with Crippen molar-refractivity contribution in [3.63, 3.8) is 0 Å². The number of hydrogen-bond donors (Lipinski definition) is 1. The van der Waals surface area contributed by atoms with Crippen LogP contribution in [0.1, 0.15) is 28.3 Å². The average Bonchev–Trinajstić information content (AvgIpc) is 3.07. The Bertz CT molecular complexity index is 734. The lowest BCUT2D eigenvalue weighted by molar-refractivity contribution is -0.119. The quantitative estimate of drug-likeness (QED) is 0.851. The molecule has 1 aliphatic heterocycles. The van der Waals surface area contributed by atoms with Crippen LogP contribution in [0.5, 0.6) is 0 Å². The van der Waals surface area contributed by atoms with Crippen LogP contribution in [0, 0.1) is 0 Å². The van der Waals surface area contributed by atoms with E-state index in [-0.39, 0.29) is 30.2 Å². The van der Waals surface area contributed by atoms with Gasteiger partial charge in [-0.25, -0.2) is 4.79 Å². The van der Waals surface area contributed by atoms with Crippen LogP contribution in [-0.2, 0) is 9.53 Å². The van der Waals surface area contributed by atoms with E-state index >= 15 is 0 Å². The maximum atomic E-state index is 12.1. The van der Waals surface area contributed by atoms with Gasteiger partial charge >= 0.3 is 5.97 Å². The van der Waals surface area contributed by atoms with Crippen molar-refractivity contribution in [2.45, 2.75) is 18.4 Å². The Morgan fingerprint density at radius 2 is 1.72 bits per heavy atom. The predicted octanol–water partition coefficient (Wildman–Crippen LogP) is 2.74. The Hall–Kier alpha value is -2.53. The molecule has 0 radical (unpaired) electrons. The number of carbonyl (C=O) groups is 2. The van der Waals surface area contributed by atoms with Crippen LogP contribution >= 0.6 is 12.4 Å². The van der Waals surface area contributed by atoms with Gasteiger partial charge in [0.15, 0.2) is 0 Å². The minimum atomic E-state index is -0.392. The van der Waals surface area contributed by atoms with E-state index in [4.69, 9.17) is 10.5 Å². The first-order valence-corrected chi connectivity index (χ1v) is 7.91. The third-order valence-corrected chi connectivity index (χ3v) is 4.54. The molecule has 6 heteroatoms. The van der Waals surface area contributed by atoms with E-state index in [0.29, 0.717) is 5.56 Å². The molecule has 1 fully saturated rings. The number of nitrogens with two attached hydrogens (primary N) is 1. The minimum absolute atomic E-state index is 0. The first-order valence-electron chi connectivity index (χ1n) is 7.91. The second kappa shape index (κ2) is 8.03. The lowest BCUT2D eigenvalue weighted by atomic mass is 9.91. The van der Waals surface area contributed by atoms with Crippen molar-refractivity contribution in [1.82, 2.24) is 0 Å². The summed E-state index contributed by atoms with van der Waals surface area (Å²) in [5.74, 6) is -0.640. The van der Waals surface area contributed by atoms with E-state index in [9.17, 15) is 9.59 Å². The number of amides is 1. The highest BCUT2D eigenvalue weighted by Crippen LogP contribution is 2.36. The van der Waals surface area contributed by atoms with Crippen LogP contribution in [0.25, 0.3) is 0 Å². The zero-order valence-electron chi connectivity index (χ0n) is 13.9. The molecule has 0 aromatic heterocycles. The number of carbonyl (C=O) groups excluding carboxylic acids is 2. The molecule has 0 unspecified atom stereocenters. The number of esters is 1. The predicted molar refractivity (Wildman–Crippen MR) is 99.2 cm³/mol. The van der Waals surface area contributed by atoms with Gasteiger partial charge in [-0.1, -0.05) is 30.3 Å². The molecule has 132 valence electrons. The number of rotatable bonds is 4. The highest BCUT2D eigenvalue weighted by atomic mass is 35.5. The zero-order valence-corrected chi connectivity index (χ0v) is 14.7. The van der Waals surface area contributed by atoms with Crippen LogP contribution in [0.15, 0.2) is 54.6 Å². The molecule has 1 heterocycles. The zero-order chi connectivity index (χ0) is 17.1. The summed E-state index contributed by atoms with van der Waals surface area (Å²) in [6, 6.07) is 16.6. The molecule has 5 nitrogen and oxygen atoms in total. The van der Waals surface area contributed by atoms with Crippen molar-refractivity contribution in [2.24, 2.45) is 5.73 Å². The van der Waals surface area contributed by atoms with Crippen LogP contribution in [0.3, 0.4) is 0 Å². The number of anilines is 1. The first-order chi connectivity index (χ1) is 11.6. The third-order valence-electron chi connectivity index (χ3n) is 4.54. The molecule has 1 saturated heterocycles. The molecule has 2 aromatic rings. The largest absolute Gasteiger partial charge is 0.465 e. The number of ether oxygens (including phenoxy) is 1. The topological polar surface area (TPSA) is 72.6 Å². The average molecular weight is 361 g/mol. The summed E-state index contributed by atoms with van der Waals surface area (Å²) < 4.78 is 4.71. The smallest absolute Gasteiger partial charge is 0.337 e. The lowest BCUT2D eigenvalue weighted by Gasteiger charge is -2.27. The first kappa shape index (κ1) is 18.8. The van der Waals surface area contributed by atoms with Crippen molar-refractivity contribution >= 4 is 30.0 Å². The summed E-state index contributed by atoms with van der Waals surface area (Å²) in [6.07, 6.45) is 0.858. The van der Waals surface area contributed by atoms with Gasteiger partial charge in [0, 0.05) is 18.2 Å². The summed E-state index contributed by atoms with van der Waals surface area (Å²) in [6.45, 7) is 0.741. The molecule has 0 aliphatic carbocycles. The van der Waals surface area contributed by atoms with Crippen molar-refractivity contribution < 1.29 is 14.3 Å². The van der Waals surface area contributed by atoms with Gasteiger partial charge in [0.25, 0.3) is 0 Å². The number of benzene rings is 2. The van der Waals surface area contributed by atoms with Crippen LogP contribution in [0.2, 0.25) is 0 Å². The molecule has 1 amide bonds. The van der Waals surface area contributed by atoms with Gasteiger partial charge in [-0.05, 0) is 36.2 Å². The van der Waals surface area contributed by atoms with Crippen molar-refractivity contribution in [1.29, 1.82) is 0 Å². The van der Waals surface area contributed by atoms with Gasteiger partial charge in [0.2, 0.25) is 5.91 Å². The monoisotopic (exact) mass is 360 g/mol. The van der Waals surface area contributed by atoms with Gasteiger partial charge < -0.3 is 15.4 Å². The van der Waals surface area contributed by atoms with Gasteiger partial charge in [-0.15, -0.1) is 12.4 Å². The highest BCUT2D eigenvalue weighted by molar-refractivity contribution is 5.90. The highest BCUT2D eigenvalue weighted by Gasteiger charge is 2.39. The molecule has 0 saturated carbocycles. The number of primary amides is 1. The lowest BCUT2D eigenvalue weighted by Crippen LogP contribution is -2.43. The van der Waals surface area contributed by atoms with Gasteiger partial charge in [-0.2, -0.15) is 0 Å². The van der Waals surface area contributed by atoms with Crippen molar-refractivity contribution in [3.05, 3.63) is 65.7 Å². The third kappa shape index (κ3) is 3.77. The molecule has 2 N–H and O–H groups in total. The maximum Gasteiger partial charge on any atom is 0.337 e. The van der Waals surface area contributed by atoms with E-state index < -0.39 is 6.04 Å². The number of nitrogens with zero attached hydrogens (tertiary/aromatic N) is 1. The van der Waals surface area contributed by atoms with Crippen LogP contribution in [-0.4, -0.2) is 31.6 Å². The second-order valence-electron chi connectivity index (χ2n) is 5.88. The number of methoxy groups -OCH3 is 1. The van der Waals surface area contributed by atoms with Crippen LogP contribution < -0.4 is 10.6 Å². The second-order valence-corrected chi connectivity index (χ2v) is 5.88. The molecule has 0 spiro atoms. The molecule has 0 bridgehead atoms. The summed E-state index contributed by atoms with van der Waals surface area (Å²) in [7, 11) is 1.35. The molecule has 2 aromatic carbocycles. The molecule has 3 rings (SSSR count). The standard InChI is InChI=1S/C19H20N2O3.ClH/c1-24-19(23)14-7-9-15(10-8-14)21-12-11-16(17(21)18(20)22)13-5-3-2-4-6-13;/h2-10,16-17H,11-12H2,1H3,(H2,20,22);1H/t16-,17+;/m0./s1. The fraction of sp³-hybridized carbons (Fsp3) is 0.263. The molecular weight excluding hydrogens is 340 g/mol. The van der Waals surface area contributed by atoms with Crippen molar-refractivity contribution in [2.75, 3.05) is 18.6 Å². The maximum absolute atomic E-state index is 12.1. The van der Waals surface area contributed by atoms with Crippen molar-refractivity contribution in [3.8, 4) is 0 Å². The van der Waals surface area contributed by atoms with E-state index in [0.717, 1.165) is 24.2 Å². The van der Waals surface area contributed by atoms with Gasteiger partial charge in [0.1, 0.15) is 6.04 Å². The Balaban J connectivity index is 0.00000225. The summed E-state index contributed by atoms with van der Waals surface area (Å²) in [4.78, 5) is 25.7. The summed E-state index contributed by atoms with van der Waals surface area (Å²) in [5, 5.41) is 0. The fourth-order valence-electron chi connectivity index (χ4n) is 3.39. The molecule has 2 atom stereocenters.